The summed E-state index contributed by atoms with van der Waals surface area (Å²) in [5.74, 6) is -0.368. The van der Waals surface area contributed by atoms with E-state index >= 15 is 0 Å². The van der Waals surface area contributed by atoms with Gasteiger partial charge >= 0.3 is 0 Å². The lowest BCUT2D eigenvalue weighted by Crippen LogP contribution is -2.30. The van der Waals surface area contributed by atoms with E-state index in [1.165, 1.54) is 12.1 Å². The number of fused-ring (bicyclic) bond motifs is 1. The minimum Gasteiger partial charge on any atom is -0.334 e. The molecule has 3 rings (SSSR count). The standard InChI is InChI=1S/C17H15ClFNO/c18-14-7-8-16(19)13(10-14)11-20-9-3-5-12-4-1-2-6-15(12)17(20)21/h1-2,4,6-8,10H,3,5,9,11H2. The van der Waals surface area contributed by atoms with E-state index in [0.29, 0.717) is 17.1 Å². The molecule has 0 saturated carbocycles. The Balaban J connectivity index is 1.89. The Kier molecular flexibility index (Phi) is 3.93. The van der Waals surface area contributed by atoms with Gasteiger partial charge in [0.1, 0.15) is 5.82 Å². The first-order chi connectivity index (χ1) is 10.1. The van der Waals surface area contributed by atoms with Crippen molar-refractivity contribution in [2.24, 2.45) is 0 Å². The van der Waals surface area contributed by atoms with Crippen LogP contribution in [0.2, 0.25) is 5.02 Å². The SMILES string of the molecule is O=C1c2ccccc2CCCN1Cc1cc(Cl)ccc1F. The highest BCUT2D eigenvalue weighted by Gasteiger charge is 2.22. The normalized spacial score (nSPS) is 14.8. The van der Waals surface area contributed by atoms with Crippen molar-refractivity contribution < 1.29 is 9.18 Å². The lowest BCUT2D eigenvalue weighted by molar-refractivity contribution is 0.0747. The van der Waals surface area contributed by atoms with Gasteiger partial charge in [-0.2, -0.15) is 0 Å². The number of hydrogen-bond acceptors (Lipinski definition) is 1. The van der Waals surface area contributed by atoms with Crippen molar-refractivity contribution in [3.8, 4) is 0 Å². The van der Waals surface area contributed by atoms with Gasteiger partial charge in [-0.15, -0.1) is 0 Å². The van der Waals surface area contributed by atoms with Crippen LogP contribution in [0.5, 0.6) is 0 Å². The summed E-state index contributed by atoms with van der Waals surface area (Å²) >= 11 is 5.91. The number of benzene rings is 2. The summed E-state index contributed by atoms with van der Waals surface area (Å²) in [5.41, 5.74) is 2.24. The van der Waals surface area contributed by atoms with Gasteiger partial charge in [0, 0.05) is 29.2 Å². The van der Waals surface area contributed by atoms with Crippen molar-refractivity contribution >= 4 is 17.5 Å². The third kappa shape index (κ3) is 2.93. The molecule has 0 saturated heterocycles. The van der Waals surface area contributed by atoms with E-state index < -0.39 is 0 Å². The van der Waals surface area contributed by atoms with Crippen LogP contribution in [0.1, 0.15) is 27.9 Å². The maximum Gasteiger partial charge on any atom is 0.254 e. The second-order valence-electron chi connectivity index (χ2n) is 5.22. The molecule has 0 unspecified atom stereocenters. The smallest absolute Gasteiger partial charge is 0.254 e. The molecule has 0 atom stereocenters. The molecule has 0 radical (unpaired) electrons. The maximum absolute atomic E-state index is 13.9. The molecule has 4 heteroatoms. The molecular formula is C17H15ClFNO. The van der Waals surface area contributed by atoms with Crippen molar-refractivity contribution in [3.05, 3.63) is 70.0 Å². The Hall–Kier alpha value is -1.87. The van der Waals surface area contributed by atoms with Crippen molar-refractivity contribution in [2.45, 2.75) is 19.4 Å². The fourth-order valence-electron chi connectivity index (χ4n) is 2.70. The fraction of sp³-hybridized carbons (Fsp3) is 0.235. The number of amides is 1. The zero-order chi connectivity index (χ0) is 14.8. The van der Waals surface area contributed by atoms with Gasteiger partial charge in [0.25, 0.3) is 5.91 Å². The van der Waals surface area contributed by atoms with Gasteiger partial charge in [-0.05, 0) is 42.7 Å². The zero-order valence-electron chi connectivity index (χ0n) is 11.5. The minimum absolute atomic E-state index is 0.0394. The molecule has 1 heterocycles. The van der Waals surface area contributed by atoms with E-state index in [9.17, 15) is 9.18 Å². The van der Waals surface area contributed by atoms with Crippen LogP contribution < -0.4 is 0 Å². The van der Waals surface area contributed by atoms with Gasteiger partial charge in [0.05, 0.1) is 0 Å². The first-order valence-electron chi connectivity index (χ1n) is 6.96. The second kappa shape index (κ2) is 5.86. The van der Waals surface area contributed by atoms with E-state index in [-0.39, 0.29) is 18.3 Å². The summed E-state index contributed by atoms with van der Waals surface area (Å²) in [6.45, 7) is 0.874. The highest BCUT2D eigenvalue weighted by Crippen LogP contribution is 2.22. The fourth-order valence-corrected chi connectivity index (χ4v) is 2.89. The molecule has 0 N–H and O–H groups in total. The van der Waals surface area contributed by atoms with Crippen molar-refractivity contribution in [3.63, 3.8) is 0 Å². The molecule has 21 heavy (non-hydrogen) atoms. The lowest BCUT2D eigenvalue weighted by atomic mass is 10.0. The van der Waals surface area contributed by atoms with Gasteiger partial charge in [0.15, 0.2) is 0 Å². The van der Waals surface area contributed by atoms with Crippen molar-refractivity contribution in [2.75, 3.05) is 6.54 Å². The molecule has 2 aromatic carbocycles. The molecule has 1 aliphatic rings. The first-order valence-corrected chi connectivity index (χ1v) is 7.34. The predicted octanol–water partition coefficient (Wildman–Crippen LogP) is 4.07. The zero-order valence-corrected chi connectivity index (χ0v) is 12.2. The topological polar surface area (TPSA) is 20.3 Å². The number of hydrogen-bond donors (Lipinski definition) is 0. The number of halogens is 2. The predicted molar refractivity (Wildman–Crippen MR) is 80.9 cm³/mol. The summed E-state index contributed by atoms with van der Waals surface area (Å²) in [6.07, 6.45) is 1.75. The third-order valence-corrected chi connectivity index (χ3v) is 4.01. The third-order valence-electron chi connectivity index (χ3n) is 3.78. The average Bonchev–Trinajstić information content (AvgIpc) is 2.64. The largest absolute Gasteiger partial charge is 0.334 e. The average molecular weight is 304 g/mol. The van der Waals surface area contributed by atoms with E-state index in [2.05, 4.69) is 0 Å². The quantitative estimate of drug-likeness (QED) is 0.819. The number of nitrogens with zero attached hydrogens (tertiary/aromatic N) is 1. The van der Waals surface area contributed by atoms with E-state index in [0.717, 1.165) is 24.0 Å². The number of rotatable bonds is 2. The number of carbonyl (C=O) groups is 1. The van der Waals surface area contributed by atoms with Gasteiger partial charge in [0.2, 0.25) is 0 Å². The summed E-state index contributed by atoms with van der Waals surface area (Å²) in [6, 6.07) is 12.1. The summed E-state index contributed by atoms with van der Waals surface area (Å²) in [4.78, 5) is 14.3. The molecule has 2 aromatic rings. The molecule has 0 aliphatic carbocycles. The van der Waals surface area contributed by atoms with Crippen LogP contribution in [0.25, 0.3) is 0 Å². The molecule has 108 valence electrons. The highest BCUT2D eigenvalue weighted by molar-refractivity contribution is 6.30. The molecule has 0 aromatic heterocycles. The van der Waals surface area contributed by atoms with Crippen LogP contribution in [0.4, 0.5) is 4.39 Å². The van der Waals surface area contributed by atoms with Gasteiger partial charge in [-0.3, -0.25) is 4.79 Å². The van der Waals surface area contributed by atoms with Crippen LogP contribution in [0.15, 0.2) is 42.5 Å². The summed E-state index contributed by atoms with van der Waals surface area (Å²) in [5, 5.41) is 0.481. The van der Waals surface area contributed by atoms with Crippen LogP contribution in [0, 0.1) is 5.82 Å². The monoisotopic (exact) mass is 303 g/mol. The molecule has 2 nitrogen and oxygen atoms in total. The van der Waals surface area contributed by atoms with Crippen LogP contribution in [-0.4, -0.2) is 17.4 Å². The van der Waals surface area contributed by atoms with Crippen molar-refractivity contribution in [1.82, 2.24) is 4.90 Å². The first kappa shape index (κ1) is 14.1. The molecule has 0 bridgehead atoms. The Morgan fingerprint density at radius 3 is 2.86 bits per heavy atom. The number of aryl methyl sites for hydroxylation is 1. The number of carbonyl (C=O) groups excluding carboxylic acids is 1. The summed E-state index contributed by atoms with van der Waals surface area (Å²) < 4.78 is 13.9. The van der Waals surface area contributed by atoms with Crippen LogP contribution in [0.3, 0.4) is 0 Å². The Morgan fingerprint density at radius 2 is 2.00 bits per heavy atom. The highest BCUT2D eigenvalue weighted by atomic mass is 35.5. The maximum atomic E-state index is 13.9. The Labute approximate surface area is 128 Å². The Bertz CT molecular complexity index is 686. The Morgan fingerprint density at radius 1 is 1.19 bits per heavy atom. The van der Waals surface area contributed by atoms with E-state index in [4.69, 9.17) is 11.6 Å². The van der Waals surface area contributed by atoms with E-state index in [1.54, 1.807) is 11.0 Å². The van der Waals surface area contributed by atoms with Crippen LogP contribution in [-0.2, 0) is 13.0 Å². The van der Waals surface area contributed by atoms with Gasteiger partial charge in [-0.1, -0.05) is 29.8 Å². The van der Waals surface area contributed by atoms with Gasteiger partial charge in [-0.25, -0.2) is 4.39 Å². The second-order valence-corrected chi connectivity index (χ2v) is 5.66. The molecular weight excluding hydrogens is 289 g/mol. The van der Waals surface area contributed by atoms with E-state index in [1.807, 2.05) is 24.3 Å². The molecule has 1 amide bonds. The van der Waals surface area contributed by atoms with Crippen molar-refractivity contribution in [1.29, 1.82) is 0 Å². The lowest BCUT2D eigenvalue weighted by Gasteiger charge is -2.21. The van der Waals surface area contributed by atoms with Crippen LogP contribution >= 0.6 is 11.6 Å². The molecule has 0 fully saturated rings. The minimum atomic E-state index is -0.329. The van der Waals surface area contributed by atoms with Gasteiger partial charge < -0.3 is 4.90 Å². The molecule has 0 spiro atoms. The summed E-state index contributed by atoms with van der Waals surface area (Å²) in [7, 11) is 0. The molecule has 1 aliphatic heterocycles.